The third-order valence-electron chi connectivity index (χ3n) is 4.21. The maximum atomic E-state index is 10.1. The summed E-state index contributed by atoms with van der Waals surface area (Å²) in [6.07, 6.45) is 0. The Balaban J connectivity index is 2.06. The highest BCUT2D eigenvalue weighted by atomic mass is 16.5. The average Bonchev–Trinajstić information content (AvgIpc) is 3.05. The Labute approximate surface area is 157 Å². The first-order valence-corrected chi connectivity index (χ1v) is 8.44. The van der Waals surface area contributed by atoms with E-state index in [0.717, 1.165) is 16.8 Å². The first kappa shape index (κ1) is 18.4. The lowest BCUT2D eigenvalue weighted by molar-refractivity contribution is 0.318. The fourth-order valence-corrected chi connectivity index (χ4v) is 2.86. The molecule has 7 nitrogen and oxygen atoms in total. The third kappa shape index (κ3) is 3.48. The van der Waals surface area contributed by atoms with Gasteiger partial charge in [-0.2, -0.15) is 5.10 Å². The molecule has 7 heteroatoms. The molecule has 27 heavy (non-hydrogen) atoms. The Hall–Kier alpha value is -3.35. The molecule has 0 aliphatic rings. The molecule has 0 radical (unpaired) electrons. The summed E-state index contributed by atoms with van der Waals surface area (Å²) in [5.41, 5.74) is 3.13. The second-order valence-corrected chi connectivity index (χ2v) is 5.88. The van der Waals surface area contributed by atoms with Crippen LogP contribution in [0.4, 0.5) is 0 Å². The topological polar surface area (TPSA) is 86.0 Å². The quantitative estimate of drug-likeness (QED) is 0.690. The van der Waals surface area contributed by atoms with Crippen molar-refractivity contribution in [3.63, 3.8) is 0 Å². The van der Waals surface area contributed by atoms with Crippen molar-refractivity contribution in [1.29, 1.82) is 0 Å². The zero-order valence-electron chi connectivity index (χ0n) is 15.7. The van der Waals surface area contributed by atoms with Crippen molar-refractivity contribution in [3.05, 3.63) is 36.4 Å². The highest BCUT2D eigenvalue weighted by Gasteiger charge is 2.16. The zero-order chi connectivity index (χ0) is 19.6. The van der Waals surface area contributed by atoms with E-state index in [2.05, 4.69) is 5.10 Å². The standard InChI is InChI=1S/C20H22N2O5/c1-5-27-17-8-12(6-7-16(17)23)15-11-14(21-22(15)2)13-9-18(25-3)20(24)19(10-13)26-4/h6-11,23-24H,5H2,1-4H3. The minimum Gasteiger partial charge on any atom is -0.504 e. The molecule has 3 rings (SSSR count). The first-order chi connectivity index (χ1) is 13.0. The molecule has 0 spiro atoms. The Morgan fingerprint density at radius 1 is 0.926 bits per heavy atom. The van der Waals surface area contributed by atoms with Crippen LogP contribution in [0.3, 0.4) is 0 Å². The van der Waals surface area contributed by atoms with Gasteiger partial charge in [-0.15, -0.1) is 0 Å². The fraction of sp³-hybridized carbons (Fsp3) is 0.250. The second-order valence-electron chi connectivity index (χ2n) is 5.88. The monoisotopic (exact) mass is 370 g/mol. The van der Waals surface area contributed by atoms with E-state index in [1.165, 1.54) is 14.2 Å². The predicted octanol–water partition coefficient (Wildman–Crippen LogP) is 3.58. The van der Waals surface area contributed by atoms with Gasteiger partial charge in [0.05, 0.1) is 32.2 Å². The number of phenols is 2. The number of methoxy groups -OCH3 is 2. The maximum Gasteiger partial charge on any atom is 0.200 e. The van der Waals surface area contributed by atoms with E-state index in [1.807, 2.05) is 20.0 Å². The van der Waals surface area contributed by atoms with Crippen LogP contribution in [-0.4, -0.2) is 40.8 Å². The summed E-state index contributed by atoms with van der Waals surface area (Å²) >= 11 is 0. The van der Waals surface area contributed by atoms with Gasteiger partial charge in [0.15, 0.2) is 23.0 Å². The van der Waals surface area contributed by atoms with Crippen molar-refractivity contribution in [2.24, 2.45) is 7.05 Å². The first-order valence-electron chi connectivity index (χ1n) is 8.44. The van der Waals surface area contributed by atoms with Gasteiger partial charge >= 0.3 is 0 Å². The largest absolute Gasteiger partial charge is 0.504 e. The van der Waals surface area contributed by atoms with Gasteiger partial charge < -0.3 is 24.4 Å². The van der Waals surface area contributed by atoms with Gasteiger partial charge in [0.1, 0.15) is 0 Å². The summed E-state index contributed by atoms with van der Waals surface area (Å²) in [7, 11) is 4.79. The molecule has 0 amide bonds. The van der Waals surface area contributed by atoms with Crippen LogP contribution >= 0.6 is 0 Å². The fourth-order valence-electron chi connectivity index (χ4n) is 2.86. The van der Waals surface area contributed by atoms with Crippen LogP contribution in [0.1, 0.15) is 6.92 Å². The molecule has 2 N–H and O–H groups in total. The Bertz CT molecular complexity index is 940. The SMILES string of the molecule is CCOc1cc(-c2cc(-c3cc(OC)c(O)c(OC)c3)nn2C)ccc1O. The van der Waals surface area contributed by atoms with Gasteiger partial charge in [0.25, 0.3) is 0 Å². The summed E-state index contributed by atoms with van der Waals surface area (Å²) in [5.74, 6) is 1.07. The summed E-state index contributed by atoms with van der Waals surface area (Å²) in [5, 5.41) is 24.6. The number of rotatable bonds is 6. The molecule has 1 heterocycles. The van der Waals surface area contributed by atoms with Crippen LogP contribution in [0.2, 0.25) is 0 Å². The van der Waals surface area contributed by atoms with E-state index in [-0.39, 0.29) is 11.5 Å². The van der Waals surface area contributed by atoms with Crippen LogP contribution in [0, 0.1) is 0 Å². The third-order valence-corrected chi connectivity index (χ3v) is 4.21. The van der Waals surface area contributed by atoms with Crippen molar-refractivity contribution < 1.29 is 24.4 Å². The minimum atomic E-state index is -0.0557. The minimum absolute atomic E-state index is 0.0557. The number of aromatic nitrogens is 2. The molecular weight excluding hydrogens is 348 g/mol. The number of phenolic OH excluding ortho intramolecular Hbond substituents is 2. The average molecular weight is 370 g/mol. The number of hydrogen-bond donors (Lipinski definition) is 2. The van der Waals surface area contributed by atoms with E-state index in [1.54, 1.807) is 35.0 Å². The van der Waals surface area contributed by atoms with Crippen LogP contribution in [0.5, 0.6) is 28.7 Å². The second kappa shape index (κ2) is 7.49. The molecular formula is C20H22N2O5. The van der Waals surface area contributed by atoms with E-state index < -0.39 is 0 Å². The van der Waals surface area contributed by atoms with Crippen LogP contribution in [0.25, 0.3) is 22.5 Å². The highest BCUT2D eigenvalue weighted by molar-refractivity contribution is 5.73. The predicted molar refractivity (Wildman–Crippen MR) is 102 cm³/mol. The molecule has 0 bridgehead atoms. The van der Waals surface area contributed by atoms with Gasteiger partial charge in [-0.05, 0) is 43.3 Å². The summed E-state index contributed by atoms with van der Waals surface area (Å²) in [6.45, 7) is 2.32. The van der Waals surface area contributed by atoms with Crippen molar-refractivity contribution in [2.45, 2.75) is 6.92 Å². The highest BCUT2D eigenvalue weighted by Crippen LogP contribution is 2.41. The number of benzene rings is 2. The molecule has 0 fully saturated rings. The van der Waals surface area contributed by atoms with E-state index in [9.17, 15) is 10.2 Å². The lowest BCUT2D eigenvalue weighted by atomic mass is 10.1. The molecule has 0 aliphatic carbocycles. The number of nitrogens with zero attached hydrogens (tertiary/aromatic N) is 2. The van der Waals surface area contributed by atoms with Crippen molar-refractivity contribution in [1.82, 2.24) is 9.78 Å². The van der Waals surface area contributed by atoms with Crippen molar-refractivity contribution >= 4 is 0 Å². The van der Waals surface area contributed by atoms with Crippen molar-refractivity contribution in [2.75, 3.05) is 20.8 Å². The maximum absolute atomic E-state index is 10.1. The normalized spacial score (nSPS) is 10.7. The molecule has 3 aromatic rings. The van der Waals surface area contributed by atoms with Gasteiger partial charge in [-0.1, -0.05) is 0 Å². The lowest BCUT2D eigenvalue weighted by Crippen LogP contribution is -1.96. The Morgan fingerprint density at radius 2 is 1.56 bits per heavy atom. The molecule has 0 saturated carbocycles. The number of aryl methyl sites for hydroxylation is 1. The molecule has 0 saturated heterocycles. The summed E-state index contributed by atoms with van der Waals surface area (Å²) in [6, 6.07) is 10.5. The van der Waals surface area contributed by atoms with E-state index in [0.29, 0.717) is 29.5 Å². The number of ether oxygens (including phenoxy) is 3. The van der Waals surface area contributed by atoms with Crippen LogP contribution < -0.4 is 14.2 Å². The molecule has 1 aromatic heterocycles. The van der Waals surface area contributed by atoms with Gasteiger partial charge in [0.2, 0.25) is 5.75 Å². The molecule has 142 valence electrons. The Morgan fingerprint density at radius 3 is 2.15 bits per heavy atom. The molecule has 2 aromatic carbocycles. The van der Waals surface area contributed by atoms with Gasteiger partial charge in [-0.25, -0.2) is 0 Å². The number of aromatic hydroxyl groups is 2. The van der Waals surface area contributed by atoms with Crippen molar-refractivity contribution in [3.8, 4) is 51.3 Å². The molecule has 0 unspecified atom stereocenters. The van der Waals surface area contributed by atoms with Gasteiger partial charge in [0, 0.05) is 18.2 Å². The molecule has 0 aliphatic heterocycles. The number of hydrogen-bond acceptors (Lipinski definition) is 6. The Kier molecular flexibility index (Phi) is 5.12. The van der Waals surface area contributed by atoms with Gasteiger partial charge in [-0.3, -0.25) is 4.68 Å². The van der Waals surface area contributed by atoms with Crippen LogP contribution in [0.15, 0.2) is 36.4 Å². The molecule has 0 atom stereocenters. The van der Waals surface area contributed by atoms with E-state index in [4.69, 9.17) is 14.2 Å². The van der Waals surface area contributed by atoms with Crippen LogP contribution in [-0.2, 0) is 7.05 Å². The summed E-state index contributed by atoms with van der Waals surface area (Å²) in [4.78, 5) is 0. The zero-order valence-corrected chi connectivity index (χ0v) is 15.7. The lowest BCUT2D eigenvalue weighted by Gasteiger charge is -2.10. The van der Waals surface area contributed by atoms with E-state index >= 15 is 0 Å². The summed E-state index contributed by atoms with van der Waals surface area (Å²) < 4.78 is 17.6. The smallest absolute Gasteiger partial charge is 0.200 e.